The van der Waals surface area contributed by atoms with Gasteiger partial charge in [0, 0.05) is 18.1 Å². The SMILES string of the molecule is CCCN(CCc1ccc(Cl)cc1)S(=O)(=O)c1ccc(Cl)c(C(=O)O)c1. The molecule has 2 rings (SSSR count). The zero-order valence-corrected chi connectivity index (χ0v) is 16.5. The maximum Gasteiger partial charge on any atom is 0.337 e. The predicted molar refractivity (Wildman–Crippen MR) is 103 cm³/mol. The van der Waals surface area contributed by atoms with Crippen LogP contribution in [0.2, 0.25) is 10.0 Å². The number of halogens is 2. The number of carboxylic acid groups (broad SMARTS) is 1. The summed E-state index contributed by atoms with van der Waals surface area (Å²) in [5.74, 6) is -1.27. The monoisotopic (exact) mass is 415 g/mol. The van der Waals surface area contributed by atoms with Gasteiger partial charge in [0.15, 0.2) is 0 Å². The minimum atomic E-state index is -3.83. The fraction of sp³-hybridized carbons (Fsp3) is 0.278. The van der Waals surface area contributed by atoms with Crippen LogP contribution in [0.4, 0.5) is 0 Å². The minimum Gasteiger partial charge on any atom is -0.478 e. The number of hydrogen-bond donors (Lipinski definition) is 1. The Morgan fingerprint density at radius 3 is 2.31 bits per heavy atom. The van der Waals surface area contributed by atoms with E-state index in [-0.39, 0.29) is 22.0 Å². The Labute approximate surface area is 163 Å². The van der Waals surface area contributed by atoms with E-state index in [1.165, 1.54) is 16.4 Å². The largest absolute Gasteiger partial charge is 0.478 e. The van der Waals surface area contributed by atoms with E-state index in [1.54, 1.807) is 12.1 Å². The van der Waals surface area contributed by atoms with Crippen molar-refractivity contribution in [2.24, 2.45) is 0 Å². The molecule has 0 unspecified atom stereocenters. The number of benzene rings is 2. The molecule has 0 atom stereocenters. The number of aromatic carboxylic acids is 1. The average Bonchev–Trinajstić information content (AvgIpc) is 2.59. The lowest BCUT2D eigenvalue weighted by Crippen LogP contribution is -2.33. The van der Waals surface area contributed by atoms with Crippen LogP contribution in [0.3, 0.4) is 0 Å². The number of carboxylic acids is 1. The summed E-state index contributed by atoms with van der Waals surface area (Å²) in [6.45, 7) is 2.50. The molecule has 0 aliphatic rings. The summed E-state index contributed by atoms with van der Waals surface area (Å²) < 4.78 is 27.3. The van der Waals surface area contributed by atoms with E-state index in [0.29, 0.717) is 24.4 Å². The van der Waals surface area contributed by atoms with Gasteiger partial charge in [0.05, 0.1) is 15.5 Å². The highest BCUT2D eigenvalue weighted by atomic mass is 35.5. The molecule has 26 heavy (non-hydrogen) atoms. The lowest BCUT2D eigenvalue weighted by Gasteiger charge is -2.22. The molecule has 0 bridgehead atoms. The summed E-state index contributed by atoms with van der Waals surface area (Å²) >= 11 is 11.7. The maximum atomic E-state index is 13.0. The standard InChI is InChI=1S/C18H19Cl2NO4S/c1-2-10-21(11-9-13-3-5-14(19)6-4-13)26(24,25)15-7-8-17(20)16(12-15)18(22)23/h3-8,12H,2,9-11H2,1H3,(H,22,23). The van der Waals surface area contributed by atoms with Gasteiger partial charge in [-0.15, -0.1) is 0 Å². The van der Waals surface area contributed by atoms with Crippen LogP contribution in [0.15, 0.2) is 47.4 Å². The second-order valence-electron chi connectivity index (χ2n) is 5.73. The summed E-state index contributed by atoms with van der Waals surface area (Å²) in [6, 6.07) is 10.9. The van der Waals surface area contributed by atoms with Crippen LogP contribution in [0.25, 0.3) is 0 Å². The number of rotatable bonds is 8. The van der Waals surface area contributed by atoms with Gasteiger partial charge in [-0.2, -0.15) is 4.31 Å². The van der Waals surface area contributed by atoms with Gasteiger partial charge >= 0.3 is 5.97 Å². The van der Waals surface area contributed by atoms with Gasteiger partial charge in [-0.05, 0) is 48.7 Å². The first-order chi connectivity index (χ1) is 12.3. The summed E-state index contributed by atoms with van der Waals surface area (Å²) in [6.07, 6.45) is 1.16. The van der Waals surface area contributed by atoms with E-state index >= 15 is 0 Å². The molecule has 0 saturated carbocycles. The molecule has 0 aliphatic carbocycles. The Morgan fingerprint density at radius 2 is 1.73 bits per heavy atom. The van der Waals surface area contributed by atoms with Crippen molar-refractivity contribution < 1.29 is 18.3 Å². The molecular formula is C18H19Cl2NO4S. The third-order valence-corrected chi connectivity index (χ3v) is 6.32. The molecule has 0 heterocycles. The van der Waals surface area contributed by atoms with Crippen LogP contribution in [0.1, 0.15) is 29.3 Å². The van der Waals surface area contributed by atoms with Crippen LogP contribution >= 0.6 is 23.2 Å². The van der Waals surface area contributed by atoms with Crippen molar-refractivity contribution in [1.29, 1.82) is 0 Å². The Morgan fingerprint density at radius 1 is 1.08 bits per heavy atom. The van der Waals surface area contributed by atoms with Crippen molar-refractivity contribution in [2.45, 2.75) is 24.7 Å². The van der Waals surface area contributed by atoms with Crippen molar-refractivity contribution in [2.75, 3.05) is 13.1 Å². The Bertz CT molecular complexity index is 883. The molecule has 140 valence electrons. The molecule has 0 fully saturated rings. The lowest BCUT2D eigenvalue weighted by molar-refractivity contribution is 0.0697. The molecule has 1 N–H and O–H groups in total. The van der Waals surface area contributed by atoms with E-state index in [4.69, 9.17) is 28.3 Å². The highest BCUT2D eigenvalue weighted by molar-refractivity contribution is 7.89. The second kappa shape index (κ2) is 8.86. The van der Waals surface area contributed by atoms with Crippen LogP contribution in [-0.4, -0.2) is 36.9 Å². The van der Waals surface area contributed by atoms with Crippen molar-refractivity contribution in [1.82, 2.24) is 4.31 Å². The summed E-state index contributed by atoms with van der Waals surface area (Å²) in [4.78, 5) is 11.2. The number of nitrogens with zero attached hydrogens (tertiary/aromatic N) is 1. The van der Waals surface area contributed by atoms with E-state index in [1.807, 2.05) is 19.1 Å². The number of sulfonamides is 1. The van der Waals surface area contributed by atoms with Crippen molar-refractivity contribution in [3.8, 4) is 0 Å². The highest BCUT2D eigenvalue weighted by Crippen LogP contribution is 2.23. The van der Waals surface area contributed by atoms with Crippen LogP contribution in [0, 0.1) is 0 Å². The van der Waals surface area contributed by atoms with Gasteiger partial charge in [0.25, 0.3) is 0 Å². The van der Waals surface area contributed by atoms with Gasteiger partial charge < -0.3 is 5.11 Å². The zero-order chi connectivity index (χ0) is 19.3. The average molecular weight is 416 g/mol. The quantitative estimate of drug-likeness (QED) is 0.695. The molecule has 0 spiro atoms. The summed E-state index contributed by atoms with van der Waals surface area (Å²) in [7, 11) is -3.83. The van der Waals surface area contributed by atoms with Crippen molar-refractivity contribution >= 4 is 39.2 Å². The van der Waals surface area contributed by atoms with Gasteiger partial charge in [-0.3, -0.25) is 0 Å². The van der Waals surface area contributed by atoms with Crippen LogP contribution < -0.4 is 0 Å². The summed E-state index contributed by atoms with van der Waals surface area (Å²) in [5.41, 5.74) is 0.731. The fourth-order valence-electron chi connectivity index (χ4n) is 2.48. The smallest absolute Gasteiger partial charge is 0.337 e. The number of carbonyl (C=O) groups is 1. The minimum absolute atomic E-state index is 0.000319. The van der Waals surface area contributed by atoms with Gasteiger partial charge in [0.1, 0.15) is 0 Å². The normalized spacial score (nSPS) is 11.7. The molecule has 0 aromatic heterocycles. The first-order valence-corrected chi connectivity index (χ1v) is 10.2. The Hall–Kier alpha value is -1.60. The van der Waals surface area contributed by atoms with E-state index in [2.05, 4.69) is 0 Å². The lowest BCUT2D eigenvalue weighted by atomic mass is 10.1. The molecule has 0 radical (unpaired) electrons. The van der Waals surface area contributed by atoms with E-state index in [0.717, 1.165) is 11.6 Å². The second-order valence-corrected chi connectivity index (χ2v) is 8.51. The Balaban J connectivity index is 2.28. The third-order valence-electron chi connectivity index (χ3n) is 3.84. The summed E-state index contributed by atoms with van der Waals surface area (Å²) in [5, 5.41) is 9.79. The maximum absolute atomic E-state index is 13.0. The van der Waals surface area contributed by atoms with Gasteiger partial charge in [0.2, 0.25) is 10.0 Å². The van der Waals surface area contributed by atoms with Crippen molar-refractivity contribution in [3.63, 3.8) is 0 Å². The first-order valence-electron chi connectivity index (χ1n) is 8.03. The molecule has 8 heteroatoms. The molecule has 5 nitrogen and oxygen atoms in total. The highest BCUT2D eigenvalue weighted by Gasteiger charge is 2.25. The van der Waals surface area contributed by atoms with Crippen LogP contribution in [0.5, 0.6) is 0 Å². The van der Waals surface area contributed by atoms with E-state index < -0.39 is 16.0 Å². The molecule has 0 amide bonds. The topological polar surface area (TPSA) is 74.7 Å². The number of hydrogen-bond acceptors (Lipinski definition) is 3. The fourth-order valence-corrected chi connectivity index (χ4v) is 4.37. The molecule has 0 saturated heterocycles. The van der Waals surface area contributed by atoms with Crippen molar-refractivity contribution in [3.05, 3.63) is 63.6 Å². The van der Waals surface area contributed by atoms with Crippen LogP contribution in [-0.2, 0) is 16.4 Å². The molecular weight excluding hydrogens is 397 g/mol. The van der Waals surface area contributed by atoms with Gasteiger partial charge in [-0.25, -0.2) is 13.2 Å². The first kappa shape index (κ1) is 20.7. The molecule has 0 aliphatic heterocycles. The molecule has 2 aromatic carbocycles. The Kier molecular flexibility index (Phi) is 7.06. The van der Waals surface area contributed by atoms with E-state index in [9.17, 15) is 13.2 Å². The zero-order valence-electron chi connectivity index (χ0n) is 14.2. The third kappa shape index (κ3) is 4.98. The van der Waals surface area contributed by atoms with Gasteiger partial charge in [-0.1, -0.05) is 42.3 Å². The molecule has 2 aromatic rings. The predicted octanol–water partition coefficient (Wildman–Crippen LogP) is 4.34.